The summed E-state index contributed by atoms with van der Waals surface area (Å²) in [6.45, 7) is 3.42. The number of nitrogens with one attached hydrogen (secondary N) is 2. The molecule has 1 aromatic heterocycles. The Morgan fingerprint density at radius 1 is 1.08 bits per heavy atom. The van der Waals surface area contributed by atoms with E-state index in [2.05, 4.69) is 31.9 Å². The molecule has 1 atom stereocenters. The van der Waals surface area contributed by atoms with E-state index in [0.717, 1.165) is 36.5 Å². The second-order valence-electron chi connectivity index (χ2n) is 6.70. The van der Waals surface area contributed by atoms with Gasteiger partial charge in [-0.25, -0.2) is 9.88 Å². The van der Waals surface area contributed by atoms with Crippen molar-refractivity contribution in [3.05, 3.63) is 53.1 Å². The first kappa shape index (κ1) is 17.2. The molecule has 2 N–H and O–H groups in total. The van der Waals surface area contributed by atoms with E-state index in [1.165, 1.54) is 9.80 Å². The smallest absolute Gasteiger partial charge is 0.292 e. The molecule has 6 nitrogen and oxygen atoms in total. The van der Waals surface area contributed by atoms with Crippen molar-refractivity contribution < 1.29 is 19.5 Å². The monoisotopic (exact) mass is 416 g/mol. The van der Waals surface area contributed by atoms with Crippen LogP contribution in [0.25, 0.3) is 0 Å². The second-order valence-corrected chi connectivity index (χ2v) is 7.61. The molecule has 2 amide bonds. The van der Waals surface area contributed by atoms with Crippen molar-refractivity contribution in [3.63, 3.8) is 0 Å². The predicted octanol–water partition coefficient (Wildman–Crippen LogP) is 0.300. The normalized spacial score (nSPS) is 21.5. The summed E-state index contributed by atoms with van der Waals surface area (Å²) in [6.07, 6.45) is 2.21. The Bertz CT molecular complexity index is 821. The van der Waals surface area contributed by atoms with Crippen LogP contribution in [-0.4, -0.2) is 44.0 Å². The number of piperazine rings is 1. The molecule has 2 fully saturated rings. The molecule has 4 rings (SSSR count). The van der Waals surface area contributed by atoms with Gasteiger partial charge in [-0.05, 0) is 24.3 Å². The largest absolute Gasteiger partial charge is 0.318 e. The number of anilines is 2. The molecule has 0 radical (unpaired) electrons. The predicted molar refractivity (Wildman–Crippen MR) is 101 cm³/mol. The Morgan fingerprint density at radius 2 is 1.88 bits per heavy atom. The average molecular weight is 417 g/mol. The fraction of sp³-hybridized carbons (Fsp3) is 0.316. The van der Waals surface area contributed by atoms with Crippen LogP contribution < -0.4 is 19.7 Å². The summed E-state index contributed by atoms with van der Waals surface area (Å²) in [5.74, 6) is 0.906. The molecule has 1 aromatic carbocycles. The first-order chi connectivity index (χ1) is 12.6. The lowest BCUT2D eigenvalue weighted by molar-refractivity contribution is -0.915. The molecular weight excluding hydrogens is 396 g/mol. The summed E-state index contributed by atoms with van der Waals surface area (Å²) >= 11 is 3.41. The van der Waals surface area contributed by atoms with Gasteiger partial charge in [0.15, 0.2) is 6.04 Å². The lowest BCUT2D eigenvalue weighted by Gasteiger charge is -2.31. The first-order valence-electron chi connectivity index (χ1n) is 8.82. The number of amides is 2. The van der Waals surface area contributed by atoms with E-state index in [4.69, 9.17) is 0 Å². The number of hydrogen-bond donors (Lipinski definition) is 1. The lowest BCUT2D eigenvalue weighted by atomic mass is 10.1. The van der Waals surface area contributed by atoms with E-state index in [0.29, 0.717) is 5.69 Å². The maximum Gasteiger partial charge on any atom is 0.292 e. The highest BCUT2D eigenvalue weighted by Crippen LogP contribution is 2.25. The highest BCUT2D eigenvalue weighted by atomic mass is 79.9. The number of rotatable bonds is 3. The van der Waals surface area contributed by atoms with E-state index in [-0.39, 0.29) is 24.3 Å². The van der Waals surface area contributed by atoms with Gasteiger partial charge >= 0.3 is 0 Å². The zero-order chi connectivity index (χ0) is 18.1. The molecule has 0 aliphatic carbocycles. The fourth-order valence-corrected chi connectivity index (χ4v) is 4.19. The van der Waals surface area contributed by atoms with Gasteiger partial charge in [-0.3, -0.25) is 14.5 Å². The topological polar surface area (TPSA) is 59.2 Å². The van der Waals surface area contributed by atoms with Gasteiger partial charge in [-0.15, -0.1) is 0 Å². The van der Waals surface area contributed by atoms with Crippen molar-refractivity contribution in [1.82, 2.24) is 0 Å². The minimum atomic E-state index is -0.275. The molecule has 1 unspecified atom stereocenters. The molecule has 2 saturated heterocycles. The van der Waals surface area contributed by atoms with E-state index < -0.39 is 0 Å². The third-order valence-electron chi connectivity index (χ3n) is 5.14. The summed E-state index contributed by atoms with van der Waals surface area (Å²) in [5, 5.41) is 0. The third-order valence-corrected chi connectivity index (χ3v) is 5.64. The first-order valence-corrected chi connectivity index (χ1v) is 9.61. The highest BCUT2D eigenvalue weighted by Gasteiger charge is 2.47. The Labute approximate surface area is 160 Å². The Kier molecular flexibility index (Phi) is 4.74. The van der Waals surface area contributed by atoms with Gasteiger partial charge in [0.2, 0.25) is 5.91 Å². The summed E-state index contributed by atoms with van der Waals surface area (Å²) in [4.78, 5) is 33.5. The van der Waals surface area contributed by atoms with E-state index in [9.17, 15) is 9.59 Å². The number of pyridine rings is 1. The standard InChI is InChI=1S/C19H19BrN4O2/c20-14-4-3-5-15(12-14)24-18(25)13-16(19(24)26)22-8-10-23(11-9-22)17-6-1-2-7-21-17/h1-7,12,16H,8-11,13H2/p+2. The molecule has 0 spiro atoms. The van der Waals surface area contributed by atoms with Gasteiger partial charge < -0.3 is 4.90 Å². The van der Waals surface area contributed by atoms with Crippen LogP contribution in [0.3, 0.4) is 0 Å². The van der Waals surface area contributed by atoms with Crippen molar-refractivity contribution in [2.45, 2.75) is 12.5 Å². The van der Waals surface area contributed by atoms with Crippen molar-refractivity contribution in [3.8, 4) is 0 Å². The molecule has 2 aliphatic rings. The van der Waals surface area contributed by atoms with Crippen molar-refractivity contribution in [2.75, 3.05) is 36.0 Å². The van der Waals surface area contributed by atoms with Gasteiger partial charge in [-0.1, -0.05) is 28.1 Å². The molecule has 0 saturated carbocycles. The number of quaternary nitrogens is 1. The molecule has 134 valence electrons. The quantitative estimate of drug-likeness (QED) is 0.732. The zero-order valence-electron chi connectivity index (χ0n) is 14.3. The highest BCUT2D eigenvalue weighted by molar-refractivity contribution is 9.10. The van der Waals surface area contributed by atoms with Gasteiger partial charge in [0.25, 0.3) is 11.7 Å². The van der Waals surface area contributed by atoms with Crippen LogP contribution in [0.4, 0.5) is 11.5 Å². The van der Waals surface area contributed by atoms with Crippen LogP contribution in [0, 0.1) is 0 Å². The Hall–Kier alpha value is -2.25. The maximum absolute atomic E-state index is 12.9. The molecular formula is C19H21BrN4O2+2. The average Bonchev–Trinajstić information content (AvgIpc) is 2.97. The van der Waals surface area contributed by atoms with Crippen LogP contribution in [0.1, 0.15) is 6.42 Å². The lowest BCUT2D eigenvalue weighted by Crippen LogP contribution is -3.19. The van der Waals surface area contributed by atoms with Crippen LogP contribution in [0.5, 0.6) is 0 Å². The van der Waals surface area contributed by atoms with Gasteiger partial charge in [0.05, 0.1) is 18.3 Å². The molecule has 2 aromatic rings. The summed E-state index contributed by atoms with van der Waals surface area (Å²) in [5.41, 5.74) is 0.647. The molecule has 26 heavy (non-hydrogen) atoms. The Morgan fingerprint density at radius 3 is 2.58 bits per heavy atom. The van der Waals surface area contributed by atoms with Crippen LogP contribution in [0.15, 0.2) is 53.1 Å². The molecule has 2 aliphatic heterocycles. The fourth-order valence-electron chi connectivity index (χ4n) is 3.80. The van der Waals surface area contributed by atoms with Crippen LogP contribution in [0.2, 0.25) is 0 Å². The SMILES string of the molecule is O=C1CC([NH+]2CCN(c3cccc[nH+]3)CC2)C(=O)N1c1cccc(Br)c1. The third kappa shape index (κ3) is 3.24. The molecule has 3 heterocycles. The minimum Gasteiger partial charge on any atom is -0.318 e. The van der Waals surface area contributed by atoms with Gasteiger partial charge in [-0.2, -0.15) is 0 Å². The number of benzene rings is 1. The number of carbonyl (C=O) groups is 2. The number of aromatic nitrogens is 1. The summed E-state index contributed by atoms with van der Waals surface area (Å²) in [7, 11) is 0. The summed E-state index contributed by atoms with van der Waals surface area (Å²) in [6, 6.07) is 13.1. The van der Waals surface area contributed by atoms with Crippen molar-refractivity contribution >= 4 is 39.2 Å². The summed E-state index contributed by atoms with van der Waals surface area (Å²) < 4.78 is 0.860. The van der Waals surface area contributed by atoms with Crippen LogP contribution >= 0.6 is 15.9 Å². The number of imide groups is 1. The molecule has 0 bridgehead atoms. The van der Waals surface area contributed by atoms with E-state index in [1.807, 2.05) is 36.5 Å². The number of aromatic amines is 1. The number of halogens is 1. The van der Waals surface area contributed by atoms with Crippen molar-refractivity contribution in [1.29, 1.82) is 0 Å². The van der Waals surface area contributed by atoms with Gasteiger partial charge in [0.1, 0.15) is 26.2 Å². The second kappa shape index (κ2) is 7.17. The minimum absolute atomic E-state index is 0.0807. The maximum atomic E-state index is 12.9. The Balaban J connectivity index is 1.45. The van der Waals surface area contributed by atoms with Gasteiger partial charge in [0, 0.05) is 10.5 Å². The zero-order valence-corrected chi connectivity index (χ0v) is 15.9. The number of nitrogens with zero attached hydrogens (tertiary/aromatic N) is 2. The van der Waals surface area contributed by atoms with E-state index >= 15 is 0 Å². The molecule has 7 heteroatoms. The number of H-pyrrole nitrogens is 1. The number of hydrogen-bond acceptors (Lipinski definition) is 3. The van der Waals surface area contributed by atoms with E-state index in [1.54, 1.807) is 6.07 Å². The van der Waals surface area contributed by atoms with Crippen molar-refractivity contribution in [2.24, 2.45) is 0 Å². The van der Waals surface area contributed by atoms with Crippen LogP contribution in [-0.2, 0) is 9.59 Å². The number of carbonyl (C=O) groups excluding carboxylic acids is 2.